The quantitative estimate of drug-likeness (QED) is 0.569. The molecule has 2 amide bonds. The molecule has 4 heterocycles. The maximum absolute atomic E-state index is 12.5. The summed E-state index contributed by atoms with van der Waals surface area (Å²) in [5.41, 5.74) is 9.31. The van der Waals surface area contributed by atoms with E-state index in [0.717, 1.165) is 35.1 Å². The number of aromatic nitrogens is 2. The molecule has 2 aromatic heterocycles. The summed E-state index contributed by atoms with van der Waals surface area (Å²) in [4.78, 5) is 34.4. The molecule has 4 N–H and O–H groups in total. The highest BCUT2D eigenvalue weighted by Gasteiger charge is 2.37. The molecule has 2 fully saturated rings. The van der Waals surface area contributed by atoms with Crippen molar-refractivity contribution in [1.29, 1.82) is 0 Å². The highest BCUT2D eigenvalue weighted by Crippen LogP contribution is 2.33. The van der Waals surface area contributed by atoms with Crippen molar-refractivity contribution in [3.63, 3.8) is 0 Å². The zero-order valence-corrected chi connectivity index (χ0v) is 16.8. The van der Waals surface area contributed by atoms with Gasteiger partial charge in [-0.15, -0.1) is 11.6 Å². The zero-order chi connectivity index (χ0) is 20.1. The topological polar surface area (TPSA) is 102 Å². The lowest BCUT2D eigenvalue weighted by atomic mass is 10.1. The fraction of sp³-hybridized carbons (Fsp3) is 0.450. The van der Waals surface area contributed by atoms with E-state index in [1.807, 2.05) is 24.0 Å². The number of nitrogens with one attached hydrogen (secondary N) is 4. The molecule has 0 bridgehead atoms. The fourth-order valence-corrected chi connectivity index (χ4v) is 4.10. The van der Waals surface area contributed by atoms with Crippen LogP contribution in [0.1, 0.15) is 25.5 Å². The zero-order valence-electron chi connectivity index (χ0n) is 16.0. The molecule has 3 unspecified atom stereocenters. The molecule has 8 nitrogen and oxygen atoms in total. The molecule has 2 aliphatic heterocycles. The van der Waals surface area contributed by atoms with Gasteiger partial charge in [-0.25, -0.2) is 10.4 Å². The van der Waals surface area contributed by atoms with Gasteiger partial charge in [0.25, 0.3) is 0 Å². The Hall–Kier alpha value is -2.42. The number of H-pyrrole nitrogens is 1. The number of rotatable bonds is 4. The molecule has 0 spiro atoms. The Bertz CT molecular complexity index is 1010. The van der Waals surface area contributed by atoms with E-state index in [1.165, 1.54) is 0 Å². The van der Waals surface area contributed by atoms with Crippen molar-refractivity contribution in [3.05, 3.63) is 30.1 Å². The molecular weight excluding hydrogens is 392 g/mol. The van der Waals surface area contributed by atoms with Gasteiger partial charge in [0, 0.05) is 36.1 Å². The summed E-state index contributed by atoms with van der Waals surface area (Å²) in [6.45, 7) is 3.21. The first kappa shape index (κ1) is 18.6. The number of fused-ring (bicyclic) bond motifs is 1. The lowest BCUT2D eigenvalue weighted by molar-refractivity contribution is -0.131. The third kappa shape index (κ3) is 3.52. The van der Waals surface area contributed by atoms with Gasteiger partial charge in [0.15, 0.2) is 0 Å². The summed E-state index contributed by atoms with van der Waals surface area (Å²) < 4.78 is 0. The van der Waals surface area contributed by atoms with Gasteiger partial charge >= 0.3 is 0 Å². The maximum Gasteiger partial charge on any atom is 0.244 e. The van der Waals surface area contributed by atoms with Gasteiger partial charge in [0.1, 0.15) is 11.7 Å². The summed E-state index contributed by atoms with van der Waals surface area (Å²) in [5, 5.41) is 3.45. The molecule has 9 heteroatoms. The number of carbonyl (C=O) groups is 2. The van der Waals surface area contributed by atoms with Crippen LogP contribution in [-0.2, 0) is 9.59 Å². The van der Waals surface area contributed by atoms with Crippen LogP contribution in [0.15, 0.2) is 24.4 Å². The number of hydrogen-bond acceptors (Lipinski definition) is 5. The van der Waals surface area contributed by atoms with E-state index in [9.17, 15) is 9.59 Å². The molecule has 1 aliphatic carbocycles. The van der Waals surface area contributed by atoms with Crippen molar-refractivity contribution in [3.8, 4) is 0 Å². The van der Waals surface area contributed by atoms with E-state index in [2.05, 4.69) is 32.2 Å². The monoisotopic (exact) mass is 414 g/mol. The van der Waals surface area contributed by atoms with Gasteiger partial charge < -0.3 is 15.2 Å². The number of alkyl halides is 1. The van der Waals surface area contributed by atoms with Crippen molar-refractivity contribution in [2.75, 3.05) is 18.4 Å². The number of aromatic amines is 1. The van der Waals surface area contributed by atoms with Crippen LogP contribution in [0.5, 0.6) is 0 Å². The van der Waals surface area contributed by atoms with Crippen LogP contribution < -0.4 is 16.2 Å². The van der Waals surface area contributed by atoms with Gasteiger partial charge in [-0.2, -0.15) is 0 Å². The number of pyridine rings is 1. The molecule has 3 aliphatic rings. The van der Waals surface area contributed by atoms with Gasteiger partial charge in [0.05, 0.1) is 17.3 Å². The molecular formula is C20H23ClN6O2. The van der Waals surface area contributed by atoms with E-state index < -0.39 is 6.04 Å². The normalized spacial score (nSPS) is 26.8. The summed E-state index contributed by atoms with van der Waals surface area (Å²) in [6, 6.07) is 3.39. The Morgan fingerprint density at radius 1 is 1.28 bits per heavy atom. The predicted molar refractivity (Wildman–Crippen MR) is 111 cm³/mol. The summed E-state index contributed by atoms with van der Waals surface area (Å²) in [7, 11) is 0. The number of amides is 2. The highest BCUT2D eigenvalue weighted by atomic mass is 35.5. The Labute approximate surface area is 173 Å². The number of nitrogens with zero attached hydrogens (tertiary/aromatic N) is 2. The minimum absolute atomic E-state index is 0.00584. The minimum atomic E-state index is -0.511. The second-order valence-corrected chi connectivity index (χ2v) is 8.56. The minimum Gasteiger partial charge on any atom is -0.339 e. The predicted octanol–water partition coefficient (Wildman–Crippen LogP) is 1.61. The average Bonchev–Trinajstić information content (AvgIpc) is 3.13. The summed E-state index contributed by atoms with van der Waals surface area (Å²) in [6.07, 6.45) is 5.76. The number of carbonyl (C=O) groups excluding carboxylic acids is 2. The first-order valence-electron chi connectivity index (χ1n) is 9.92. The Kier molecular flexibility index (Phi) is 4.57. The SMILES string of the molecule is CC1NNC(C(=O)Nc2cnc3[nH]c(C4=CCN(C(=O)C5CC5)C4)cc3c2)C1Cl. The fourth-order valence-electron chi connectivity index (χ4n) is 3.86. The van der Waals surface area contributed by atoms with E-state index >= 15 is 0 Å². The first-order chi connectivity index (χ1) is 14.0. The number of hydrazine groups is 1. The largest absolute Gasteiger partial charge is 0.339 e. The molecule has 152 valence electrons. The molecule has 0 radical (unpaired) electrons. The van der Waals surface area contributed by atoms with Crippen LogP contribution in [-0.4, -0.2) is 57.2 Å². The van der Waals surface area contributed by atoms with E-state index in [-0.39, 0.29) is 29.2 Å². The lowest BCUT2D eigenvalue weighted by Crippen LogP contribution is -2.42. The Morgan fingerprint density at radius 2 is 2.10 bits per heavy atom. The van der Waals surface area contributed by atoms with Crippen molar-refractivity contribution in [2.45, 2.75) is 37.2 Å². The first-order valence-corrected chi connectivity index (χ1v) is 10.4. The third-order valence-corrected chi connectivity index (χ3v) is 6.42. The summed E-state index contributed by atoms with van der Waals surface area (Å²) >= 11 is 6.28. The summed E-state index contributed by atoms with van der Waals surface area (Å²) in [5.74, 6) is 0.294. The van der Waals surface area contributed by atoms with Crippen LogP contribution in [0.4, 0.5) is 5.69 Å². The van der Waals surface area contributed by atoms with E-state index in [1.54, 1.807) is 6.20 Å². The van der Waals surface area contributed by atoms with Crippen LogP contribution in [0, 0.1) is 5.92 Å². The molecule has 5 rings (SSSR count). The number of halogens is 1. The Morgan fingerprint density at radius 3 is 2.83 bits per heavy atom. The average molecular weight is 415 g/mol. The molecule has 0 aromatic carbocycles. The molecule has 29 heavy (non-hydrogen) atoms. The van der Waals surface area contributed by atoms with Gasteiger partial charge in [-0.05, 0) is 37.5 Å². The van der Waals surface area contributed by atoms with Crippen molar-refractivity contribution < 1.29 is 9.59 Å². The smallest absolute Gasteiger partial charge is 0.244 e. The van der Waals surface area contributed by atoms with E-state index in [0.29, 0.717) is 18.8 Å². The van der Waals surface area contributed by atoms with Gasteiger partial charge in [-0.1, -0.05) is 6.08 Å². The van der Waals surface area contributed by atoms with Crippen LogP contribution in [0.2, 0.25) is 0 Å². The Balaban J connectivity index is 1.29. The van der Waals surface area contributed by atoms with Crippen molar-refractivity contribution >= 4 is 45.7 Å². The van der Waals surface area contributed by atoms with Crippen LogP contribution in [0.25, 0.3) is 16.6 Å². The van der Waals surface area contributed by atoms with Gasteiger partial charge in [0.2, 0.25) is 11.8 Å². The van der Waals surface area contributed by atoms with Gasteiger partial charge in [-0.3, -0.25) is 15.0 Å². The lowest BCUT2D eigenvalue weighted by Gasteiger charge is -2.15. The molecule has 1 saturated carbocycles. The van der Waals surface area contributed by atoms with Crippen LogP contribution >= 0.6 is 11.6 Å². The molecule has 1 saturated heterocycles. The second kappa shape index (κ2) is 7.12. The number of anilines is 1. The highest BCUT2D eigenvalue weighted by molar-refractivity contribution is 6.24. The maximum atomic E-state index is 12.5. The number of hydrogen-bond donors (Lipinski definition) is 4. The molecule has 3 atom stereocenters. The van der Waals surface area contributed by atoms with Crippen LogP contribution in [0.3, 0.4) is 0 Å². The molecule has 2 aromatic rings. The van der Waals surface area contributed by atoms with E-state index in [4.69, 9.17) is 11.6 Å². The van der Waals surface area contributed by atoms with Crippen molar-refractivity contribution in [1.82, 2.24) is 25.7 Å². The second-order valence-electron chi connectivity index (χ2n) is 8.06. The van der Waals surface area contributed by atoms with Crippen molar-refractivity contribution in [2.24, 2.45) is 5.92 Å². The third-order valence-electron chi connectivity index (χ3n) is 5.79. The standard InChI is InChI=1S/C20H23ClN6O2/c1-10-16(21)17(26-25-10)19(28)23-14-6-13-7-15(24-18(13)22-8-14)12-4-5-27(9-12)20(29)11-2-3-11/h4,6-8,10-11,16-17,25-26H,2-3,5,9H2,1H3,(H,22,24)(H,23,28).